The van der Waals surface area contributed by atoms with Gasteiger partial charge in [-0.3, -0.25) is 9.78 Å². The van der Waals surface area contributed by atoms with Crippen molar-refractivity contribution in [2.45, 2.75) is 13.0 Å². The Morgan fingerprint density at radius 2 is 2.59 bits per heavy atom. The molecule has 92 valence electrons. The van der Waals surface area contributed by atoms with Crippen molar-refractivity contribution in [3.05, 3.63) is 29.6 Å². The Morgan fingerprint density at radius 1 is 1.71 bits per heavy atom. The van der Waals surface area contributed by atoms with E-state index >= 15 is 0 Å². The lowest BCUT2D eigenvalue weighted by atomic mass is 10.2. The lowest BCUT2D eigenvalue weighted by Crippen LogP contribution is -2.48. The monoisotopic (exact) mass is 235 g/mol. The van der Waals surface area contributed by atoms with E-state index < -0.39 is 0 Å². The summed E-state index contributed by atoms with van der Waals surface area (Å²) in [5.41, 5.74) is 1.38. The first-order chi connectivity index (χ1) is 8.27. The van der Waals surface area contributed by atoms with Gasteiger partial charge >= 0.3 is 0 Å². The number of carbonyl (C=O) groups excluding carboxylic acids is 1. The fourth-order valence-corrected chi connectivity index (χ4v) is 1.79. The highest BCUT2D eigenvalue weighted by atomic mass is 16.5. The predicted molar refractivity (Wildman–Crippen MR) is 63.9 cm³/mol. The second-order valence-electron chi connectivity index (χ2n) is 4.07. The summed E-state index contributed by atoms with van der Waals surface area (Å²) in [7, 11) is 0. The van der Waals surface area contributed by atoms with Gasteiger partial charge in [0.05, 0.1) is 18.8 Å². The molecule has 0 bridgehead atoms. The van der Waals surface area contributed by atoms with Gasteiger partial charge in [-0.25, -0.2) is 0 Å². The van der Waals surface area contributed by atoms with Crippen molar-refractivity contribution >= 4 is 5.91 Å². The van der Waals surface area contributed by atoms with Crippen LogP contribution in [0.25, 0.3) is 0 Å². The summed E-state index contributed by atoms with van der Waals surface area (Å²) in [6.45, 7) is 4.63. The third-order valence-corrected chi connectivity index (χ3v) is 2.76. The fraction of sp³-hybridized carbons (Fsp3) is 0.500. The van der Waals surface area contributed by atoms with Crippen LogP contribution < -0.4 is 10.6 Å². The van der Waals surface area contributed by atoms with Crippen LogP contribution in [0.4, 0.5) is 0 Å². The minimum Gasteiger partial charge on any atom is -0.378 e. The average molecular weight is 235 g/mol. The minimum atomic E-state index is -0.0806. The number of nitrogens with one attached hydrogen (secondary N) is 2. The molecule has 1 aromatic heterocycles. The van der Waals surface area contributed by atoms with E-state index in [1.165, 1.54) is 0 Å². The van der Waals surface area contributed by atoms with Crippen LogP contribution in [0.1, 0.15) is 16.1 Å². The number of pyridine rings is 1. The highest BCUT2D eigenvalue weighted by molar-refractivity contribution is 5.95. The summed E-state index contributed by atoms with van der Waals surface area (Å²) in [4.78, 5) is 16.0. The molecule has 0 aliphatic carbocycles. The third kappa shape index (κ3) is 3.25. The number of aryl methyl sites for hydroxylation is 1. The molecule has 17 heavy (non-hydrogen) atoms. The van der Waals surface area contributed by atoms with E-state index in [2.05, 4.69) is 15.6 Å². The average Bonchev–Trinajstić information content (AvgIpc) is 2.38. The number of morpholine rings is 1. The molecule has 1 atom stereocenters. The van der Waals surface area contributed by atoms with E-state index in [1.54, 1.807) is 18.3 Å². The topological polar surface area (TPSA) is 63.2 Å². The summed E-state index contributed by atoms with van der Waals surface area (Å²) in [5.74, 6) is -0.0806. The zero-order valence-corrected chi connectivity index (χ0v) is 9.90. The van der Waals surface area contributed by atoms with Crippen LogP contribution in [-0.2, 0) is 4.74 Å². The summed E-state index contributed by atoms with van der Waals surface area (Å²) in [5, 5.41) is 6.17. The van der Waals surface area contributed by atoms with E-state index in [9.17, 15) is 4.79 Å². The van der Waals surface area contributed by atoms with E-state index in [1.807, 2.05) is 6.92 Å². The molecule has 1 unspecified atom stereocenters. The van der Waals surface area contributed by atoms with Gasteiger partial charge in [0.2, 0.25) is 0 Å². The van der Waals surface area contributed by atoms with Crippen LogP contribution >= 0.6 is 0 Å². The van der Waals surface area contributed by atoms with Crippen molar-refractivity contribution in [1.29, 1.82) is 0 Å². The number of aromatic nitrogens is 1. The number of carbonyl (C=O) groups is 1. The van der Waals surface area contributed by atoms with Crippen LogP contribution in [0.5, 0.6) is 0 Å². The van der Waals surface area contributed by atoms with Crippen molar-refractivity contribution < 1.29 is 9.53 Å². The molecular weight excluding hydrogens is 218 g/mol. The molecule has 5 heteroatoms. The smallest absolute Gasteiger partial charge is 0.253 e. The molecule has 2 heterocycles. The van der Waals surface area contributed by atoms with Crippen molar-refractivity contribution in [3.8, 4) is 0 Å². The number of amides is 1. The zero-order valence-electron chi connectivity index (χ0n) is 9.90. The SMILES string of the molecule is Cc1ncccc1C(=O)NCC1COCCN1. The Hall–Kier alpha value is -1.46. The van der Waals surface area contributed by atoms with E-state index in [4.69, 9.17) is 4.74 Å². The van der Waals surface area contributed by atoms with Crippen LogP contribution in [0.3, 0.4) is 0 Å². The number of ether oxygens (including phenoxy) is 1. The summed E-state index contributed by atoms with van der Waals surface area (Å²) in [6.07, 6.45) is 1.68. The van der Waals surface area contributed by atoms with Gasteiger partial charge in [-0.2, -0.15) is 0 Å². The summed E-state index contributed by atoms with van der Waals surface area (Å²) in [6, 6.07) is 3.75. The van der Waals surface area contributed by atoms with Crippen molar-refractivity contribution in [2.75, 3.05) is 26.3 Å². The maximum absolute atomic E-state index is 11.9. The number of rotatable bonds is 3. The maximum Gasteiger partial charge on any atom is 0.253 e. The van der Waals surface area contributed by atoms with E-state index in [0.717, 1.165) is 18.8 Å². The summed E-state index contributed by atoms with van der Waals surface area (Å²) < 4.78 is 5.32. The number of nitrogens with zero attached hydrogens (tertiary/aromatic N) is 1. The van der Waals surface area contributed by atoms with Crippen LogP contribution in [0.2, 0.25) is 0 Å². The van der Waals surface area contributed by atoms with Crippen molar-refractivity contribution in [3.63, 3.8) is 0 Å². The molecule has 5 nitrogen and oxygen atoms in total. The van der Waals surface area contributed by atoms with E-state index in [0.29, 0.717) is 18.7 Å². The Balaban J connectivity index is 1.87. The first kappa shape index (κ1) is 12.0. The Labute approximate surface area is 101 Å². The quantitative estimate of drug-likeness (QED) is 0.780. The molecule has 0 radical (unpaired) electrons. The van der Waals surface area contributed by atoms with Gasteiger partial charge in [-0.1, -0.05) is 0 Å². The molecule has 0 aromatic carbocycles. The highest BCUT2D eigenvalue weighted by Gasteiger charge is 2.15. The lowest BCUT2D eigenvalue weighted by Gasteiger charge is -2.24. The van der Waals surface area contributed by atoms with Crippen molar-refractivity contribution in [2.24, 2.45) is 0 Å². The fourth-order valence-electron chi connectivity index (χ4n) is 1.79. The van der Waals surface area contributed by atoms with Crippen molar-refractivity contribution in [1.82, 2.24) is 15.6 Å². The number of hydrogen-bond donors (Lipinski definition) is 2. The molecule has 1 aromatic rings. The van der Waals surface area contributed by atoms with Gasteiger partial charge in [0, 0.05) is 31.0 Å². The lowest BCUT2D eigenvalue weighted by molar-refractivity contribution is 0.0734. The van der Waals surface area contributed by atoms with Crippen LogP contribution in [0.15, 0.2) is 18.3 Å². The molecule has 2 rings (SSSR count). The molecule has 1 aliphatic rings. The molecule has 1 fully saturated rings. The molecular formula is C12H17N3O2. The second-order valence-corrected chi connectivity index (χ2v) is 4.07. The molecule has 0 saturated carbocycles. The highest BCUT2D eigenvalue weighted by Crippen LogP contribution is 2.03. The molecule has 1 amide bonds. The van der Waals surface area contributed by atoms with Gasteiger partial charge in [0.15, 0.2) is 0 Å². The molecule has 1 aliphatic heterocycles. The normalized spacial score (nSPS) is 19.9. The number of hydrogen-bond acceptors (Lipinski definition) is 4. The minimum absolute atomic E-state index is 0.0806. The second kappa shape index (κ2) is 5.75. The zero-order chi connectivity index (χ0) is 12.1. The molecule has 1 saturated heterocycles. The Bertz CT molecular complexity index is 389. The van der Waals surface area contributed by atoms with Gasteiger partial charge in [-0.15, -0.1) is 0 Å². The standard InChI is InChI=1S/C12H17N3O2/c1-9-11(3-2-4-13-9)12(16)15-7-10-8-17-6-5-14-10/h2-4,10,14H,5-8H2,1H3,(H,15,16). The first-order valence-electron chi connectivity index (χ1n) is 5.78. The van der Waals surface area contributed by atoms with Gasteiger partial charge in [-0.05, 0) is 19.1 Å². The van der Waals surface area contributed by atoms with Crippen LogP contribution in [-0.4, -0.2) is 43.2 Å². The molecule has 0 spiro atoms. The third-order valence-electron chi connectivity index (χ3n) is 2.76. The van der Waals surface area contributed by atoms with Gasteiger partial charge in [0.25, 0.3) is 5.91 Å². The molecule has 2 N–H and O–H groups in total. The first-order valence-corrected chi connectivity index (χ1v) is 5.78. The van der Waals surface area contributed by atoms with E-state index in [-0.39, 0.29) is 11.9 Å². The van der Waals surface area contributed by atoms with Gasteiger partial charge in [0.1, 0.15) is 0 Å². The Morgan fingerprint density at radius 3 is 3.29 bits per heavy atom. The Kier molecular flexibility index (Phi) is 4.06. The van der Waals surface area contributed by atoms with Crippen LogP contribution in [0, 0.1) is 6.92 Å². The largest absolute Gasteiger partial charge is 0.378 e. The summed E-state index contributed by atoms with van der Waals surface area (Å²) >= 11 is 0. The van der Waals surface area contributed by atoms with Gasteiger partial charge < -0.3 is 15.4 Å². The maximum atomic E-state index is 11.9. The predicted octanol–water partition coefficient (Wildman–Crippen LogP) is 0.108.